The number of thioether (sulfide) groups is 1. The Balaban J connectivity index is 1.56. The molecule has 0 saturated heterocycles. The molecule has 0 radical (unpaired) electrons. The van der Waals surface area contributed by atoms with Crippen molar-refractivity contribution in [3.63, 3.8) is 0 Å². The fourth-order valence-electron chi connectivity index (χ4n) is 2.88. The van der Waals surface area contributed by atoms with Gasteiger partial charge in [0.2, 0.25) is 5.91 Å². The molecule has 1 atom stereocenters. The number of carbonyl (C=O) groups is 1. The topological polar surface area (TPSA) is 57.8 Å². The van der Waals surface area contributed by atoms with Gasteiger partial charge >= 0.3 is 0 Å². The number of nitrogens with one attached hydrogen (secondary N) is 2. The summed E-state index contributed by atoms with van der Waals surface area (Å²) in [7, 11) is 0. The van der Waals surface area contributed by atoms with Gasteiger partial charge in [0.15, 0.2) is 5.16 Å². The highest BCUT2D eigenvalue weighted by molar-refractivity contribution is 8.00. The van der Waals surface area contributed by atoms with Gasteiger partial charge in [-0.2, -0.15) is 0 Å². The highest BCUT2D eigenvalue weighted by Crippen LogP contribution is 2.34. The Bertz CT molecular complexity index is 998. The number of aromatic amines is 1. The Morgan fingerprint density at radius 1 is 0.926 bits per heavy atom. The predicted octanol–water partition coefficient (Wildman–Crippen LogP) is 4.71. The summed E-state index contributed by atoms with van der Waals surface area (Å²) >= 11 is 1.43. The molecule has 0 spiro atoms. The van der Waals surface area contributed by atoms with Crippen LogP contribution in [0, 0.1) is 0 Å². The highest BCUT2D eigenvalue weighted by Gasteiger charge is 2.23. The van der Waals surface area contributed by atoms with Crippen molar-refractivity contribution in [1.82, 2.24) is 15.3 Å². The third-order valence-corrected chi connectivity index (χ3v) is 5.39. The van der Waals surface area contributed by atoms with Gasteiger partial charge < -0.3 is 10.3 Å². The second kappa shape index (κ2) is 8.10. The van der Waals surface area contributed by atoms with Crippen molar-refractivity contribution in [2.45, 2.75) is 17.0 Å². The maximum absolute atomic E-state index is 13.0. The molecule has 1 aromatic heterocycles. The summed E-state index contributed by atoms with van der Waals surface area (Å²) in [5, 5.41) is 3.41. The third kappa shape index (κ3) is 4.20. The number of amides is 1. The fraction of sp³-hybridized carbons (Fsp3) is 0.0909. The molecule has 5 heteroatoms. The van der Waals surface area contributed by atoms with E-state index in [2.05, 4.69) is 15.3 Å². The minimum atomic E-state index is -0.379. The highest BCUT2D eigenvalue weighted by atomic mass is 32.2. The largest absolute Gasteiger partial charge is 0.351 e. The Morgan fingerprint density at radius 3 is 2.33 bits per heavy atom. The first-order chi connectivity index (χ1) is 13.3. The van der Waals surface area contributed by atoms with E-state index in [1.54, 1.807) is 0 Å². The minimum Gasteiger partial charge on any atom is -0.351 e. The van der Waals surface area contributed by atoms with Crippen LogP contribution < -0.4 is 5.32 Å². The zero-order valence-electron chi connectivity index (χ0n) is 14.6. The first-order valence-electron chi connectivity index (χ1n) is 8.77. The first kappa shape index (κ1) is 17.4. The van der Waals surface area contributed by atoms with Gasteiger partial charge in [-0.1, -0.05) is 84.6 Å². The summed E-state index contributed by atoms with van der Waals surface area (Å²) in [4.78, 5) is 20.9. The Hall–Kier alpha value is -3.05. The quantitative estimate of drug-likeness (QED) is 0.481. The standard InChI is InChI=1S/C22H19N3OS/c26-21(23-15-16-9-3-1-4-10-16)20(17-11-5-2-6-12-17)27-22-24-18-13-7-8-14-19(18)25-22/h1-14,20H,15H2,(H,23,26)(H,24,25)/t20-/m0/s1. The summed E-state index contributed by atoms with van der Waals surface area (Å²) in [6, 6.07) is 27.6. The van der Waals surface area contributed by atoms with Crippen molar-refractivity contribution in [3.05, 3.63) is 96.1 Å². The smallest absolute Gasteiger partial charge is 0.238 e. The molecule has 4 rings (SSSR count). The van der Waals surface area contributed by atoms with E-state index < -0.39 is 0 Å². The van der Waals surface area contributed by atoms with Crippen LogP contribution in [0.25, 0.3) is 11.0 Å². The molecular formula is C22H19N3OS. The predicted molar refractivity (Wildman–Crippen MR) is 109 cm³/mol. The fourth-order valence-corrected chi connectivity index (χ4v) is 3.90. The van der Waals surface area contributed by atoms with Gasteiger partial charge in [0.25, 0.3) is 0 Å². The maximum atomic E-state index is 13.0. The zero-order chi connectivity index (χ0) is 18.5. The first-order valence-corrected chi connectivity index (χ1v) is 9.65. The number of carbonyl (C=O) groups excluding carboxylic acids is 1. The van der Waals surface area contributed by atoms with Crippen LogP contribution >= 0.6 is 11.8 Å². The molecule has 1 heterocycles. The number of rotatable bonds is 6. The van der Waals surface area contributed by atoms with Crippen molar-refractivity contribution >= 4 is 28.7 Å². The lowest BCUT2D eigenvalue weighted by molar-refractivity contribution is -0.120. The van der Waals surface area contributed by atoms with E-state index in [0.717, 1.165) is 27.3 Å². The van der Waals surface area contributed by atoms with E-state index in [0.29, 0.717) is 6.54 Å². The average molecular weight is 373 g/mol. The van der Waals surface area contributed by atoms with Crippen LogP contribution in [-0.2, 0) is 11.3 Å². The zero-order valence-corrected chi connectivity index (χ0v) is 15.4. The van der Waals surface area contributed by atoms with Gasteiger partial charge in [-0.25, -0.2) is 4.98 Å². The normalized spacial score (nSPS) is 12.0. The molecule has 27 heavy (non-hydrogen) atoms. The van der Waals surface area contributed by atoms with E-state index >= 15 is 0 Å². The van der Waals surface area contributed by atoms with Gasteiger partial charge in [0.05, 0.1) is 11.0 Å². The van der Waals surface area contributed by atoms with Crippen LogP contribution in [0.15, 0.2) is 90.1 Å². The van der Waals surface area contributed by atoms with Crippen molar-refractivity contribution < 1.29 is 4.79 Å². The van der Waals surface area contributed by atoms with Gasteiger partial charge in [0, 0.05) is 6.54 Å². The second-order valence-electron chi connectivity index (χ2n) is 6.17. The number of hydrogen-bond donors (Lipinski definition) is 2. The molecule has 0 unspecified atom stereocenters. The summed E-state index contributed by atoms with van der Waals surface area (Å²) in [5.74, 6) is -0.0319. The monoisotopic (exact) mass is 373 g/mol. The SMILES string of the molecule is O=C(NCc1ccccc1)[C@@H](Sc1nc2ccccc2[nH]1)c1ccccc1. The van der Waals surface area contributed by atoms with Crippen LogP contribution in [0.4, 0.5) is 0 Å². The van der Waals surface area contributed by atoms with Gasteiger partial charge in [-0.15, -0.1) is 0 Å². The molecule has 4 aromatic rings. The van der Waals surface area contributed by atoms with E-state index in [1.165, 1.54) is 11.8 Å². The third-order valence-electron chi connectivity index (χ3n) is 4.25. The minimum absolute atomic E-state index is 0.0319. The number of aromatic nitrogens is 2. The number of H-pyrrole nitrogens is 1. The van der Waals surface area contributed by atoms with Crippen molar-refractivity contribution in [3.8, 4) is 0 Å². The molecule has 3 aromatic carbocycles. The van der Waals surface area contributed by atoms with E-state index in [4.69, 9.17) is 0 Å². The van der Waals surface area contributed by atoms with Crippen LogP contribution in [0.1, 0.15) is 16.4 Å². The summed E-state index contributed by atoms with van der Waals surface area (Å²) < 4.78 is 0. The summed E-state index contributed by atoms with van der Waals surface area (Å²) in [6.07, 6.45) is 0. The number of para-hydroxylation sites is 2. The molecule has 0 aliphatic rings. The Labute approximate surface area is 162 Å². The van der Waals surface area contributed by atoms with Crippen molar-refractivity contribution in [2.24, 2.45) is 0 Å². The molecule has 0 bridgehead atoms. The molecule has 0 fully saturated rings. The Morgan fingerprint density at radius 2 is 1.59 bits per heavy atom. The maximum Gasteiger partial charge on any atom is 0.238 e. The van der Waals surface area contributed by atoms with E-state index in [-0.39, 0.29) is 11.2 Å². The van der Waals surface area contributed by atoms with Crippen LogP contribution in [-0.4, -0.2) is 15.9 Å². The second-order valence-corrected chi connectivity index (χ2v) is 7.26. The molecule has 0 aliphatic heterocycles. The molecule has 4 nitrogen and oxygen atoms in total. The van der Waals surface area contributed by atoms with Crippen LogP contribution in [0.3, 0.4) is 0 Å². The summed E-state index contributed by atoms with van der Waals surface area (Å²) in [6.45, 7) is 0.504. The molecule has 0 saturated carbocycles. The summed E-state index contributed by atoms with van der Waals surface area (Å²) in [5.41, 5.74) is 3.90. The molecule has 1 amide bonds. The number of fused-ring (bicyclic) bond motifs is 1. The number of imidazole rings is 1. The molecule has 134 valence electrons. The van der Waals surface area contributed by atoms with Crippen molar-refractivity contribution in [2.75, 3.05) is 0 Å². The van der Waals surface area contributed by atoms with Gasteiger partial charge in [-0.05, 0) is 23.3 Å². The van der Waals surface area contributed by atoms with E-state index in [9.17, 15) is 4.79 Å². The van der Waals surface area contributed by atoms with E-state index in [1.807, 2.05) is 84.9 Å². The Kier molecular flexibility index (Phi) is 5.21. The average Bonchev–Trinajstić information content (AvgIpc) is 3.14. The van der Waals surface area contributed by atoms with Crippen molar-refractivity contribution in [1.29, 1.82) is 0 Å². The van der Waals surface area contributed by atoms with Gasteiger partial charge in [-0.3, -0.25) is 4.79 Å². The molecule has 0 aliphatic carbocycles. The lowest BCUT2D eigenvalue weighted by Crippen LogP contribution is -2.27. The van der Waals surface area contributed by atoms with Gasteiger partial charge in [0.1, 0.15) is 5.25 Å². The van der Waals surface area contributed by atoms with Crippen LogP contribution in [0.2, 0.25) is 0 Å². The molecule has 2 N–H and O–H groups in total. The van der Waals surface area contributed by atoms with Crippen LogP contribution in [0.5, 0.6) is 0 Å². The lowest BCUT2D eigenvalue weighted by Gasteiger charge is -2.16. The number of nitrogens with zero attached hydrogens (tertiary/aromatic N) is 1. The number of benzene rings is 3. The number of hydrogen-bond acceptors (Lipinski definition) is 3. The lowest BCUT2D eigenvalue weighted by atomic mass is 10.1. The molecular weight excluding hydrogens is 354 g/mol.